The molecule has 132 valence electrons. The molecule has 1 heterocycles. The van der Waals surface area contributed by atoms with E-state index >= 15 is 0 Å². The first-order chi connectivity index (χ1) is 12.6. The molecule has 0 aliphatic rings. The molecule has 0 aliphatic heterocycles. The van der Waals surface area contributed by atoms with Crippen molar-refractivity contribution in [3.05, 3.63) is 93.5 Å². The zero-order valence-corrected chi connectivity index (χ0v) is 14.2. The van der Waals surface area contributed by atoms with Crippen molar-refractivity contribution in [2.45, 2.75) is 19.6 Å². The molecular formula is C20H19N3O3. The Kier molecular flexibility index (Phi) is 5.12. The van der Waals surface area contributed by atoms with Gasteiger partial charge >= 0.3 is 11.1 Å². The summed E-state index contributed by atoms with van der Waals surface area (Å²) >= 11 is 0. The van der Waals surface area contributed by atoms with Crippen LogP contribution in [0.2, 0.25) is 0 Å². The van der Waals surface area contributed by atoms with Crippen molar-refractivity contribution in [3.8, 4) is 0 Å². The average molecular weight is 349 g/mol. The maximum atomic E-state index is 12.5. The lowest BCUT2D eigenvalue weighted by Crippen LogP contribution is -2.43. The lowest BCUT2D eigenvalue weighted by Gasteiger charge is -2.14. The van der Waals surface area contributed by atoms with Crippen LogP contribution in [0.3, 0.4) is 0 Å². The van der Waals surface area contributed by atoms with E-state index in [0.717, 1.165) is 5.56 Å². The first-order valence-corrected chi connectivity index (χ1v) is 8.25. The summed E-state index contributed by atoms with van der Waals surface area (Å²) in [5.41, 5.74) is 0.695. The van der Waals surface area contributed by atoms with Gasteiger partial charge in [-0.3, -0.25) is 23.5 Å². The van der Waals surface area contributed by atoms with Gasteiger partial charge in [-0.2, -0.15) is 0 Å². The van der Waals surface area contributed by atoms with E-state index in [4.69, 9.17) is 0 Å². The molecule has 3 rings (SSSR count). The maximum Gasteiger partial charge on any atom is 0.317 e. The summed E-state index contributed by atoms with van der Waals surface area (Å²) in [4.78, 5) is 37.2. The number of nitrogens with one attached hydrogen (secondary N) is 1. The second kappa shape index (κ2) is 7.65. The predicted octanol–water partition coefficient (Wildman–Crippen LogP) is 1.67. The van der Waals surface area contributed by atoms with Crippen LogP contribution < -0.4 is 16.4 Å². The van der Waals surface area contributed by atoms with Gasteiger partial charge in [-0.1, -0.05) is 48.5 Å². The molecule has 3 aromatic rings. The molecule has 1 N–H and O–H groups in total. The minimum absolute atomic E-state index is 0.212. The Morgan fingerprint density at radius 1 is 0.923 bits per heavy atom. The smallest absolute Gasteiger partial charge is 0.317 e. The number of nitrogens with zero attached hydrogens (tertiary/aromatic N) is 2. The van der Waals surface area contributed by atoms with Crippen molar-refractivity contribution >= 4 is 16.9 Å². The molecule has 0 aliphatic carbocycles. The first kappa shape index (κ1) is 17.4. The quantitative estimate of drug-likeness (QED) is 0.543. The van der Waals surface area contributed by atoms with E-state index in [1.165, 1.54) is 9.13 Å². The Bertz CT molecular complexity index is 1070. The minimum atomic E-state index is -0.722. The number of aromatic nitrogens is 2. The lowest BCUT2D eigenvalue weighted by molar-refractivity contribution is -0.121. The number of carbonyl (C=O) groups is 1. The summed E-state index contributed by atoms with van der Waals surface area (Å²) in [6.07, 6.45) is 1.56. The van der Waals surface area contributed by atoms with E-state index in [1.807, 2.05) is 30.3 Å². The Labute approximate surface area is 150 Å². The molecule has 0 spiro atoms. The summed E-state index contributed by atoms with van der Waals surface area (Å²) < 4.78 is 2.58. The van der Waals surface area contributed by atoms with Crippen molar-refractivity contribution in [1.82, 2.24) is 14.5 Å². The van der Waals surface area contributed by atoms with Gasteiger partial charge in [0.05, 0.1) is 11.0 Å². The summed E-state index contributed by atoms with van der Waals surface area (Å²) in [7, 11) is 0. The normalized spacial score (nSPS) is 10.6. The fourth-order valence-corrected chi connectivity index (χ4v) is 2.83. The number of para-hydroxylation sites is 2. The van der Waals surface area contributed by atoms with E-state index in [9.17, 15) is 14.4 Å². The predicted molar refractivity (Wildman–Crippen MR) is 101 cm³/mol. The topological polar surface area (TPSA) is 73.1 Å². The highest BCUT2D eigenvalue weighted by Gasteiger charge is 2.14. The Morgan fingerprint density at radius 2 is 1.50 bits per heavy atom. The van der Waals surface area contributed by atoms with Gasteiger partial charge in [-0.15, -0.1) is 6.58 Å². The van der Waals surface area contributed by atoms with Gasteiger partial charge in [-0.25, -0.2) is 0 Å². The van der Waals surface area contributed by atoms with Crippen LogP contribution in [0.4, 0.5) is 0 Å². The number of carbonyl (C=O) groups excluding carboxylic acids is 1. The monoisotopic (exact) mass is 349 g/mol. The second-order valence-electron chi connectivity index (χ2n) is 5.85. The third-order valence-electron chi connectivity index (χ3n) is 4.08. The molecular weight excluding hydrogens is 330 g/mol. The molecule has 0 radical (unpaired) electrons. The highest BCUT2D eigenvalue weighted by Crippen LogP contribution is 2.10. The third-order valence-corrected chi connectivity index (χ3v) is 4.08. The van der Waals surface area contributed by atoms with Gasteiger partial charge in [-0.05, 0) is 17.7 Å². The number of rotatable bonds is 6. The minimum Gasteiger partial charge on any atom is -0.350 e. The molecule has 0 fully saturated rings. The zero-order chi connectivity index (χ0) is 18.5. The van der Waals surface area contributed by atoms with E-state index in [-0.39, 0.29) is 19.0 Å². The fraction of sp³-hybridized carbons (Fsp3) is 0.150. The number of fused-ring (bicyclic) bond motifs is 1. The van der Waals surface area contributed by atoms with E-state index in [0.29, 0.717) is 17.6 Å². The second-order valence-corrected chi connectivity index (χ2v) is 5.85. The van der Waals surface area contributed by atoms with Crippen molar-refractivity contribution in [2.75, 3.05) is 0 Å². The van der Waals surface area contributed by atoms with Crippen molar-refractivity contribution in [3.63, 3.8) is 0 Å². The highest BCUT2D eigenvalue weighted by molar-refractivity contribution is 5.80. The van der Waals surface area contributed by atoms with Crippen LogP contribution in [-0.2, 0) is 24.4 Å². The van der Waals surface area contributed by atoms with Crippen molar-refractivity contribution in [2.24, 2.45) is 0 Å². The number of amides is 1. The molecule has 1 aromatic heterocycles. The lowest BCUT2D eigenvalue weighted by atomic mass is 10.2. The maximum absolute atomic E-state index is 12.5. The van der Waals surface area contributed by atoms with Gasteiger partial charge in [0.2, 0.25) is 5.91 Å². The van der Waals surface area contributed by atoms with Crippen LogP contribution >= 0.6 is 0 Å². The fourth-order valence-electron chi connectivity index (χ4n) is 2.83. The van der Waals surface area contributed by atoms with E-state index in [1.54, 1.807) is 30.3 Å². The number of allylic oxidation sites excluding steroid dienone is 1. The van der Waals surface area contributed by atoms with Gasteiger partial charge in [0.15, 0.2) is 0 Å². The molecule has 1 amide bonds. The van der Waals surface area contributed by atoms with Crippen LogP contribution in [0, 0.1) is 0 Å². The van der Waals surface area contributed by atoms with Crippen LogP contribution in [0.15, 0.2) is 76.8 Å². The molecule has 0 bridgehead atoms. The van der Waals surface area contributed by atoms with Crippen LogP contribution in [0.25, 0.3) is 11.0 Å². The largest absolute Gasteiger partial charge is 0.350 e. The van der Waals surface area contributed by atoms with Crippen LogP contribution in [0.1, 0.15) is 5.56 Å². The summed E-state index contributed by atoms with van der Waals surface area (Å²) in [6.45, 7) is 4.01. The molecule has 2 aromatic carbocycles. The first-order valence-electron chi connectivity index (χ1n) is 8.25. The molecule has 6 heteroatoms. The Balaban J connectivity index is 1.92. The molecule has 6 nitrogen and oxygen atoms in total. The average Bonchev–Trinajstić information content (AvgIpc) is 2.68. The Hall–Kier alpha value is -3.41. The van der Waals surface area contributed by atoms with E-state index < -0.39 is 11.1 Å². The van der Waals surface area contributed by atoms with E-state index in [2.05, 4.69) is 11.9 Å². The SMILES string of the molecule is C=CCn1c(=O)c(=O)n(CC(=O)NCc2ccccc2)c2ccccc21. The van der Waals surface area contributed by atoms with Gasteiger partial charge in [0, 0.05) is 13.1 Å². The summed E-state index contributed by atoms with van der Waals surface area (Å²) in [5, 5.41) is 2.77. The molecule has 0 saturated heterocycles. The molecule has 0 saturated carbocycles. The number of hydrogen-bond acceptors (Lipinski definition) is 3. The number of benzene rings is 2. The molecule has 0 unspecified atom stereocenters. The van der Waals surface area contributed by atoms with Crippen molar-refractivity contribution < 1.29 is 4.79 Å². The molecule has 0 atom stereocenters. The van der Waals surface area contributed by atoms with Crippen LogP contribution in [-0.4, -0.2) is 15.0 Å². The Morgan fingerprint density at radius 3 is 2.15 bits per heavy atom. The van der Waals surface area contributed by atoms with Crippen LogP contribution in [0.5, 0.6) is 0 Å². The standard InChI is InChI=1S/C20H19N3O3/c1-2-12-22-16-10-6-7-11-17(16)23(20(26)19(22)25)14-18(24)21-13-15-8-4-3-5-9-15/h2-11H,1,12-14H2,(H,21,24). The van der Waals surface area contributed by atoms with Gasteiger partial charge < -0.3 is 5.32 Å². The number of hydrogen-bond donors (Lipinski definition) is 1. The van der Waals surface area contributed by atoms with Gasteiger partial charge in [0.25, 0.3) is 0 Å². The third kappa shape index (κ3) is 3.49. The highest BCUT2D eigenvalue weighted by atomic mass is 16.2. The molecule has 26 heavy (non-hydrogen) atoms. The summed E-state index contributed by atoms with van der Waals surface area (Å²) in [5.74, 6) is -0.332. The zero-order valence-electron chi connectivity index (χ0n) is 14.2. The van der Waals surface area contributed by atoms with Crippen molar-refractivity contribution in [1.29, 1.82) is 0 Å². The summed E-state index contributed by atoms with van der Waals surface area (Å²) in [6, 6.07) is 16.5. The van der Waals surface area contributed by atoms with Gasteiger partial charge in [0.1, 0.15) is 6.54 Å².